The minimum absolute atomic E-state index is 0.448. The van der Waals surface area contributed by atoms with E-state index >= 15 is 0 Å². The second-order valence-electron chi connectivity index (χ2n) is 6.39. The van der Waals surface area contributed by atoms with E-state index in [-0.39, 0.29) is 0 Å². The van der Waals surface area contributed by atoms with Crippen molar-refractivity contribution < 1.29 is 29.4 Å². The third-order valence-electron chi connectivity index (χ3n) is 3.08. The van der Waals surface area contributed by atoms with Gasteiger partial charge in [-0.25, -0.2) is 9.59 Å². The number of carbonyl (C=O) groups is 4. The highest BCUT2D eigenvalue weighted by Crippen LogP contribution is 2.50. The molecule has 0 aliphatic heterocycles. The Labute approximate surface area is 158 Å². The summed E-state index contributed by atoms with van der Waals surface area (Å²) in [6.45, 7) is 9.19. The lowest BCUT2D eigenvalue weighted by atomic mass is 10.0. The Hall–Kier alpha value is -1.07. The van der Waals surface area contributed by atoms with Gasteiger partial charge in [-0.15, -0.1) is 0 Å². The molecule has 0 spiro atoms. The second kappa shape index (κ2) is 9.58. The van der Waals surface area contributed by atoms with Gasteiger partial charge in [0.1, 0.15) is 12.1 Å². The van der Waals surface area contributed by atoms with Gasteiger partial charge in [-0.2, -0.15) is 0 Å². The van der Waals surface area contributed by atoms with Crippen molar-refractivity contribution in [3.8, 4) is 0 Å². The number of hydrogen-bond donors (Lipinski definition) is 4. The van der Waals surface area contributed by atoms with Crippen LogP contribution in [0.15, 0.2) is 0 Å². The Bertz CT molecular complexity index is 493. The van der Waals surface area contributed by atoms with Crippen LogP contribution in [0.5, 0.6) is 0 Å². The van der Waals surface area contributed by atoms with Crippen LogP contribution in [0.4, 0.5) is 0 Å². The SMILES string of the molecule is CC(=O)N[C@H](C(=O)O)C(C)(C)SSSC(C)(C)[C@H](NC(C)=O)C(=O)O. The summed E-state index contributed by atoms with van der Waals surface area (Å²) in [6.07, 6.45) is 0. The zero-order valence-corrected chi connectivity index (χ0v) is 17.4. The summed E-state index contributed by atoms with van der Waals surface area (Å²) in [5.41, 5.74) is 0. The van der Waals surface area contributed by atoms with Crippen molar-refractivity contribution in [1.82, 2.24) is 10.6 Å². The average molecular weight is 413 g/mol. The van der Waals surface area contributed by atoms with Crippen LogP contribution >= 0.6 is 31.4 Å². The van der Waals surface area contributed by atoms with E-state index in [1.54, 1.807) is 27.7 Å². The summed E-state index contributed by atoms with van der Waals surface area (Å²) < 4.78 is -1.70. The molecule has 0 aliphatic rings. The van der Waals surface area contributed by atoms with E-state index in [0.717, 1.165) is 0 Å². The summed E-state index contributed by atoms with van der Waals surface area (Å²) in [5.74, 6) is -3.20. The van der Waals surface area contributed by atoms with E-state index in [0.29, 0.717) is 0 Å². The van der Waals surface area contributed by atoms with Crippen molar-refractivity contribution in [2.75, 3.05) is 0 Å². The van der Waals surface area contributed by atoms with Crippen LogP contribution in [-0.2, 0) is 19.2 Å². The molecule has 144 valence electrons. The highest BCUT2D eigenvalue weighted by atomic mass is 33.5. The van der Waals surface area contributed by atoms with Crippen molar-refractivity contribution in [3.63, 3.8) is 0 Å². The van der Waals surface area contributed by atoms with Gasteiger partial charge in [-0.1, -0.05) is 21.6 Å². The molecule has 4 N–H and O–H groups in total. The summed E-state index contributed by atoms with van der Waals surface area (Å²) in [4.78, 5) is 45.2. The molecule has 2 amide bonds. The van der Waals surface area contributed by atoms with Gasteiger partial charge in [0.25, 0.3) is 0 Å². The number of carboxylic acid groups (broad SMARTS) is 2. The molecule has 0 aliphatic carbocycles. The second-order valence-corrected chi connectivity index (χ2v) is 11.6. The van der Waals surface area contributed by atoms with E-state index in [9.17, 15) is 29.4 Å². The van der Waals surface area contributed by atoms with Crippen molar-refractivity contribution in [1.29, 1.82) is 0 Å². The maximum atomic E-state index is 11.4. The lowest BCUT2D eigenvalue weighted by Gasteiger charge is -2.33. The molecular formula is C14H24N2O6S3. The molecular weight excluding hydrogens is 388 g/mol. The molecule has 0 radical (unpaired) electrons. The molecule has 0 unspecified atom stereocenters. The van der Waals surface area contributed by atoms with Crippen LogP contribution in [0.3, 0.4) is 0 Å². The lowest BCUT2D eigenvalue weighted by molar-refractivity contribution is -0.142. The molecule has 25 heavy (non-hydrogen) atoms. The quantitative estimate of drug-likeness (QED) is 0.396. The number of rotatable bonds is 10. The molecule has 0 fully saturated rings. The topological polar surface area (TPSA) is 133 Å². The summed E-state index contributed by atoms with van der Waals surface area (Å²) in [7, 11) is 3.64. The standard InChI is InChI=1S/C14H24N2O6S3/c1-7(17)15-9(11(19)20)13(3,4)23-25-24-14(5,6)10(12(21)22)16-8(2)18/h9-10H,1-6H3,(H,15,17)(H,16,18)(H,19,20)(H,21,22)/t9-,10-/m1/s1. The van der Waals surface area contributed by atoms with Gasteiger partial charge in [0.2, 0.25) is 11.8 Å². The average Bonchev–Trinajstić information content (AvgIpc) is 2.40. The van der Waals surface area contributed by atoms with E-state index in [1.807, 2.05) is 0 Å². The Balaban J connectivity index is 4.98. The summed E-state index contributed by atoms with van der Waals surface area (Å²) in [5, 5.41) is 23.4. The first-order chi connectivity index (χ1) is 11.2. The first-order valence-electron chi connectivity index (χ1n) is 7.24. The third kappa shape index (κ3) is 8.23. The molecule has 0 saturated heterocycles. The highest BCUT2D eigenvalue weighted by molar-refractivity contribution is 9.09. The summed E-state index contributed by atoms with van der Waals surface area (Å²) in [6, 6.07) is -2.20. The van der Waals surface area contributed by atoms with Gasteiger partial charge < -0.3 is 20.8 Å². The van der Waals surface area contributed by atoms with Crippen molar-refractivity contribution in [2.45, 2.75) is 63.1 Å². The lowest BCUT2D eigenvalue weighted by Crippen LogP contribution is -2.52. The van der Waals surface area contributed by atoms with E-state index < -0.39 is 45.3 Å². The molecule has 0 rings (SSSR count). The molecule has 11 heteroatoms. The number of aliphatic carboxylic acids is 2. The van der Waals surface area contributed by atoms with Gasteiger partial charge in [0, 0.05) is 13.8 Å². The number of carboxylic acids is 2. The molecule has 2 atom stereocenters. The molecule has 0 saturated carbocycles. The predicted octanol–water partition coefficient (Wildman–Crippen LogP) is 1.75. The van der Waals surface area contributed by atoms with Crippen LogP contribution in [0, 0.1) is 0 Å². The Morgan fingerprint density at radius 2 is 1.04 bits per heavy atom. The predicted molar refractivity (Wildman–Crippen MR) is 101 cm³/mol. The van der Waals surface area contributed by atoms with Crippen LogP contribution in [-0.4, -0.2) is 55.5 Å². The van der Waals surface area contributed by atoms with E-state index in [1.165, 1.54) is 45.3 Å². The number of amides is 2. The van der Waals surface area contributed by atoms with Crippen LogP contribution < -0.4 is 10.6 Å². The maximum Gasteiger partial charge on any atom is 0.327 e. The van der Waals surface area contributed by atoms with Gasteiger partial charge >= 0.3 is 11.9 Å². The fraction of sp³-hybridized carbons (Fsp3) is 0.714. The van der Waals surface area contributed by atoms with Crippen molar-refractivity contribution in [3.05, 3.63) is 0 Å². The third-order valence-corrected chi connectivity index (χ3v) is 8.75. The van der Waals surface area contributed by atoms with Crippen molar-refractivity contribution >= 4 is 55.2 Å². The smallest absolute Gasteiger partial charge is 0.327 e. The van der Waals surface area contributed by atoms with Crippen LogP contribution in [0.25, 0.3) is 0 Å². The van der Waals surface area contributed by atoms with E-state index in [4.69, 9.17) is 0 Å². The van der Waals surface area contributed by atoms with Gasteiger partial charge in [0.05, 0.1) is 9.49 Å². The zero-order valence-electron chi connectivity index (χ0n) is 14.9. The minimum Gasteiger partial charge on any atom is -0.480 e. The molecule has 0 aromatic carbocycles. The fourth-order valence-electron chi connectivity index (χ4n) is 1.76. The number of nitrogens with one attached hydrogen (secondary N) is 2. The molecule has 0 bridgehead atoms. The minimum atomic E-state index is -1.15. The fourth-order valence-corrected chi connectivity index (χ4v) is 7.85. The Morgan fingerprint density at radius 1 is 0.760 bits per heavy atom. The summed E-state index contributed by atoms with van der Waals surface area (Å²) >= 11 is 0. The normalized spacial score (nSPS) is 14.3. The first kappa shape index (κ1) is 23.9. The van der Waals surface area contributed by atoms with Crippen molar-refractivity contribution in [2.24, 2.45) is 0 Å². The Kier molecular flexibility index (Phi) is 9.17. The monoisotopic (exact) mass is 412 g/mol. The van der Waals surface area contributed by atoms with Crippen LogP contribution in [0.2, 0.25) is 0 Å². The van der Waals surface area contributed by atoms with E-state index in [2.05, 4.69) is 10.6 Å². The molecule has 0 heterocycles. The van der Waals surface area contributed by atoms with Gasteiger partial charge in [0.15, 0.2) is 0 Å². The van der Waals surface area contributed by atoms with Gasteiger partial charge in [-0.05, 0) is 37.5 Å². The molecule has 0 aromatic heterocycles. The van der Waals surface area contributed by atoms with Crippen LogP contribution in [0.1, 0.15) is 41.5 Å². The number of carbonyl (C=O) groups excluding carboxylic acids is 2. The molecule has 8 nitrogen and oxygen atoms in total. The zero-order chi connectivity index (χ0) is 20.0. The van der Waals surface area contributed by atoms with Gasteiger partial charge in [-0.3, -0.25) is 9.59 Å². The molecule has 0 aromatic rings. The first-order valence-corrected chi connectivity index (χ1v) is 10.7. The highest BCUT2D eigenvalue weighted by Gasteiger charge is 2.40. The number of hydrogen-bond acceptors (Lipinski definition) is 7. The maximum absolute atomic E-state index is 11.4. The Morgan fingerprint density at radius 3 is 1.24 bits per heavy atom. The largest absolute Gasteiger partial charge is 0.480 e.